The van der Waals surface area contributed by atoms with Gasteiger partial charge in [0.1, 0.15) is 12.4 Å². The fourth-order valence-corrected chi connectivity index (χ4v) is 3.26. The molecule has 22 heavy (non-hydrogen) atoms. The summed E-state index contributed by atoms with van der Waals surface area (Å²) in [5.41, 5.74) is -0.208. The normalized spacial score (nSPS) is 14.3. The van der Waals surface area contributed by atoms with Gasteiger partial charge in [-0.15, -0.1) is 10.2 Å². The number of nitro benzene ring substituents is 1. The van der Waals surface area contributed by atoms with E-state index in [2.05, 4.69) is 10.2 Å². The van der Waals surface area contributed by atoms with E-state index in [1.165, 1.54) is 30.0 Å². The summed E-state index contributed by atoms with van der Waals surface area (Å²) in [7, 11) is 0. The Bertz CT molecular complexity index is 717. The van der Waals surface area contributed by atoms with E-state index in [9.17, 15) is 19.6 Å². The SMILES string of the molecule is O=[N+]([O-])c1cccc(F)c1CSc1nnc(CO)n1C1CC1. The molecule has 9 heteroatoms. The Balaban J connectivity index is 1.84. The Morgan fingerprint density at radius 2 is 2.23 bits per heavy atom. The summed E-state index contributed by atoms with van der Waals surface area (Å²) in [6.07, 6.45) is 1.97. The highest BCUT2D eigenvalue weighted by molar-refractivity contribution is 7.98. The smallest absolute Gasteiger partial charge is 0.276 e. The van der Waals surface area contributed by atoms with Crippen molar-refractivity contribution >= 4 is 17.4 Å². The first-order chi connectivity index (χ1) is 10.6. The molecule has 1 aliphatic carbocycles. The molecule has 0 amide bonds. The Morgan fingerprint density at radius 3 is 2.86 bits per heavy atom. The molecule has 0 unspecified atom stereocenters. The largest absolute Gasteiger partial charge is 0.388 e. The summed E-state index contributed by atoms with van der Waals surface area (Å²) >= 11 is 1.18. The first-order valence-corrected chi connectivity index (χ1v) is 7.69. The van der Waals surface area contributed by atoms with E-state index in [0.29, 0.717) is 11.0 Å². The molecule has 2 aromatic rings. The molecule has 1 N–H and O–H groups in total. The Hall–Kier alpha value is -2.00. The van der Waals surface area contributed by atoms with Gasteiger partial charge in [-0.05, 0) is 18.9 Å². The number of aliphatic hydroxyl groups excluding tert-OH is 1. The highest BCUT2D eigenvalue weighted by Crippen LogP contribution is 2.39. The van der Waals surface area contributed by atoms with Crippen LogP contribution in [0.1, 0.15) is 30.3 Å². The van der Waals surface area contributed by atoms with Crippen molar-refractivity contribution in [3.63, 3.8) is 0 Å². The van der Waals surface area contributed by atoms with Gasteiger partial charge in [0, 0.05) is 17.9 Å². The van der Waals surface area contributed by atoms with Gasteiger partial charge in [-0.25, -0.2) is 4.39 Å². The summed E-state index contributed by atoms with van der Waals surface area (Å²) in [6.45, 7) is -0.218. The molecule has 1 heterocycles. The molecular formula is C13H13FN4O3S. The van der Waals surface area contributed by atoms with Crippen molar-refractivity contribution in [1.29, 1.82) is 0 Å². The predicted octanol–water partition coefficient (Wildman–Crippen LogP) is 2.44. The number of nitro groups is 1. The van der Waals surface area contributed by atoms with E-state index in [1.54, 1.807) is 0 Å². The summed E-state index contributed by atoms with van der Waals surface area (Å²) < 4.78 is 15.7. The lowest BCUT2D eigenvalue weighted by Crippen LogP contribution is -2.03. The van der Waals surface area contributed by atoms with E-state index in [1.807, 2.05) is 4.57 Å². The average Bonchev–Trinajstić information content (AvgIpc) is 3.25. The maximum atomic E-state index is 13.9. The highest BCUT2D eigenvalue weighted by Gasteiger charge is 2.29. The molecule has 0 spiro atoms. The summed E-state index contributed by atoms with van der Waals surface area (Å²) in [6, 6.07) is 4.06. The minimum atomic E-state index is -0.610. The summed E-state index contributed by atoms with van der Waals surface area (Å²) in [5.74, 6) is -0.0613. The van der Waals surface area contributed by atoms with Gasteiger partial charge in [-0.3, -0.25) is 10.1 Å². The molecule has 1 fully saturated rings. The second-order valence-electron chi connectivity index (χ2n) is 4.94. The molecule has 116 valence electrons. The zero-order chi connectivity index (χ0) is 15.7. The molecule has 3 rings (SSSR count). The lowest BCUT2D eigenvalue weighted by Gasteiger charge is -2.08. The Labute approximate surface area is 129 Å². The van der Waals surface area contributed by atoms with Gasteiger partial charge in [0.2, 0.25) is 0 Å². The highest BCUT2D eigenvalue weighted by atomic mass is 32.2. The Morgan fingerprint density at radius 1 is 1.45 bits per heavy atom. The van der Waals surface area contributed by atoms with Gasteiger partial charge in [0.05, 0.1) is 10.5 Å². The number of nitrogens with zero attached hydrogens (tertiary/aromatic N) is 4. The van der Waals surface area contributed by atoms with Crippen molar-refractivity contribution in [3.05, 3.63) is 45.5 Å². The van der Waals surface area contributed by atoms with Crippen LogP contribution in [0.15, 0.2) is 23.4 Å². The third kappa shape index (κ3) is 2.81. The molecule has 1 aliphatic rings. The molecule has 7 nitrogen and oxygen atoms in total. The van der Waals surface area contributed by atoms with Crippen molar-refractivity contribution in [3.8, 4) is 0 Å². The van der Waals surface area contributed by atoms with Gasteiger partial charge >= 0.3 is 0 Å². The van der Waals surface area contributed by atoms with Gasteiger partial charge in [0.15, 0.2) is 11.0 Å². The maximum Gasteiger partial charge on any atom is 0.276 e. The van der Waals surface area contributed by atoms with Crippen LogP contribution >= 0.6 is 11.8 Å². The van der Waals surface area contributed by atoms with E-state index >= 15 is 0 Å². The van der Waals surface area contributed by atoms with Gasteiger partial charge in [-0.2, -0.15) is 0 Å². The van der Waals surface area contributed by atoms with Crippen molar-refractivity contribution in [2.45, 2.75) is 36.4 Å². The third-order valence-electron chi connectivity index (χ3n) is 3.43. The van der Waals surface area contributed by atoms with Crippen LogP contribution in [0.5, 0.6) is 0 Å². The lowest BCUT2D eigenvalue weighted by atomic mass is 10.2. The first kappa shape index (κ1) is 14.9. The third-order valence-corrected chi connectivity index (χ3v) is 4.39. The molecule has 1 saturated carbocycles. The van der Waals surface area contributed by atoms with Crippen LogP contribution < -0.4 is 0 Å². The molecule has 0 radical (unpaired) electrons. The molecular weight excluding hydrogens is 311 g/mol. The minimum absolute atomic E-state index is 0.0356. The van der Waals surface area contributed by atoms with Crippen LogP contribution in [0.25, 0.3) is 0 Å². The number of thioether (sulfide) groups is 1. The zero-order valence-corrected chi connectivity index (χ0v) is 12.3. The van der Waals surface area contributed by atoms with Gasteiger partial charge in [0.25, 0.3) is 5.69 Å². The maximum absolute atomic E-state index is 13.9. The molecule has 0 atom stereocenters. The number of rotatable bonds is 6. The zero-order valence-electron chi connectivity index (χ0n) is 11.5. The van der Waals surface area contributed by atoms with Crippen LogP contribution in [-0.2, 0) is 12.4 Å². The number of halogens is 1. The number of aromatic nitrogens is 3. The summed E-state index contributed by atoms with van der Waals surface area (Å²) in [4.78, 5) is 10.4. The van der Waals surface area contributed by atoms with E-state index in [-0.39, 0.29) is 29.7 Å². The number of hydrogen-bond donors (Lipinski definition) is 1. The van der Waals surface area contributed by atoms with Crippen LogP contribution in [0.4, 0.5) is 10.1 Å². The van der Waals surface area contributed by atoms with Crippen LogP contribution in [0.3, 0.4) is 0 Å². The van der Waals surface area contributed by atoms with Crippen LogP contribution in [0.2, 0.25) is 0 Å². The predicted molar refractivity (Wildman–Crippen MR) is 76.8 cm³/mol. The first-order valence-electron chi connectivity index (χ1n) is 6.71. The molecule has 1 aromatic carbocycles. The standard InChI is InChI=1S/C13H13FN4O3S/c14-10-2-1-3-11(18(20)21)9(10)7-22-13-16-15-12(6-19)17(13)8-4-5-8/h1-3,8,19H,4-7H2. The van der Waals surface area contributed by atoms with Crippen molar-refractivity contribution in [1.82, 2.24) is 14.8 Å². The van der Waals surface area contributed by atoms with E-state index in [0.717, 1.165) is 12.8 Å². The number of hydrogen-bond acceptors (Lipinski definition) is 6. The van der Waals surface area contributed by atoms with Crippen molar-refractivity contribution < 1.29 is 14.4 Å². The molecule has 0 bridgehead atoms. The van der Waals surface area contributed by atoms with Crippen molar-refractivity contribution in [2.75, 3.05) is 0 Å². The number of aliphatic hydroxyl groups is 1. The summed E-state index contributed by atoms with van der Waals surface area (Å²) in [5, 5.41) is 28.7. The number of benzene rings is 1. The van der Waals surface area contributed by atoms with Gasteiger partial charge in [-0.1, -0.05) is 17.8 Å². The van der Waals surface area contributed by atoms with Crippen LogP contribution in [-0.4, -0.2) is 24.8 Å². The second-order valence-corrected chi connectivity index (χ2v) is 5.88. The quantitative estimate of drug-likeness (QED) is 0.498. The monoisotopic (exact) mass is 324 g/mol. The second kappa shape index (κ2) is 6.01. The fraction of sp³-hybridized carbons (Fsp3) is 0.385. The van der Waals surface area contributed by atoms with E-state index < -0.39 is 10.7 Å². The molecule has 0 aliphatic heterocycles. The molecule has 1 aromatic heterocycles. The Kier molecular flexibility index (Phi) is 4.08. The molecule has 0 saturated heterocycles. The minimum Gasteiger partial charge on any atom is -0.388 e. The van der Waals surface area contributed by atoms with Crippen molar-refractivity contribution in [2.24, 2.45) is 0 Å². The van der Waals surface area contributed by atoms with Gasteiger partial charge < -0.3 is 9.67 Å². The van der Waals surface area contributed by atoms with Crippen LogP contribution in [0, 0.1) is 15.9 Å². The van der Waals surface area contributed by atoms with E-state index in [4.69, 9.17) is 0 Å². The topological polar surface area (TPSA) is 94.1 Å². The fourth-order valence-electron chi connectivity index (χ4n) is 2.21. The average molecular weight is 324 g/mol. The lowest BCUT2D eigenvalue weighted by molar-refractivity contribution is -0.385.